The number of hydrogen-bond acceptors (Lipinski definition) is 2. The molecule has 94 valence electrons. The van der Waals surface area contributed by atoms with Gasteiger partial charge in [0.2, 0.25) is 0 Å². The van der Waals surface area contributed by atoms with Crippen LogP contribution in [0.15, 0.2) is 42.7 Å². The van der Waals surface area contributed by atoms with Crippen molar-refractivity contribution in [2.24, 2.45) is 0 Å². The maximum absolute atomic E-state index is 13.7. The van der Waals surface area contributed by atoms with Gasteiger partial charge in [0.1, 0.15) is 5.82 Å². The lowest BCUT2D eigenvalue weighted by Crippen LogP contribution is -2.18. The molecule has 1 aromatic carbocycles. The van der Waals surface area contributed by atoms with Crippen LogP contribution in [0.4, 0.5) is 10.1 Å². The molecule has 0 fully saturated rings. The summed E-state index contributed by atoms with van der Waals surface area (Å²) in [6.45, 7) is 0.728. The zero-order chi connectivity index (χ0) is 13.0. The molecule has 0 amide bonds. The molecule has 0 aliphatic rings. The average molecular weight is 309 g/mol. The standard InChI is InChI=1S/C14H14BrFN2/c1-18(10-11-5-7-17-8-6-11)14-4-2-3-13(16)12(14)9-15/h2-8H,9-10H2,1H3. The molecule has 2 aromatic rings. The van der Waals surface area contributed by atoms with E-state index in [2.05, 4.69) is 20.9 Å². The van der Waals surface area contributed by atoms with Crippen LogP contribution in [0.1, 0.15) is 11.1 Å². The van der Waals surface area contributed by atoms with Gasteiger partial charge in [-0.05, 0) is 29.8 Å². The largest absolute Gasteiger partial charge is 0.370 e. The van der Waals surface area contributed by atoms with Crippen molar-refractivity contribution in [3.05, 3.63) is 59.7 Å². The summed E-state index contributed by atoms with van der Waals surface area (Å²) in [6.07, 6.45) is 3.53. The van der Waals surface area contributed by atoms with Gasteiger partial charge in [-0.3, -0.25) is 4.98 Å². The fourth-order valence-corrected chi connectivity index (χ4v) is 2.44. The van der Waals surface area contributed by atoms with E-state index in [9.17, 15) is 4.39 Å². The lowest BCUT2D eigenvalue weighted by Gasteiger charge is -2.22. The fraction of sp³-hybridized carbons (Fsp3) is 0.214. The Morgan fingerprint density at radius 3 is 2.61 bits per heavy atom. The second kappa shape index (κ2) is 5.96. The number of aromatic nitrogens is 1. The molecule has 0 saturated heterocycles. The Bertz CT molecular complexity index is 516. The van der Waals surface area contributed by atoms with Crippen LogP contribution in [0.5, 0.6) is 0 Å². The molecule has 1 aromatic heterocycles. The van der Waals surface area contributed by atoms with E-state index in [0.29, 0.717) is 10.9 Å². The van der Waals surface area contributed by atoms with Gasteiger partial charge in [-0.15, -0.1) is 0 Å². The molecular weight excluding hydrogens is 295 g/mol. The Hall–Kier alpha value is -1.42. The molecule has 0 spiro atoms. The fourth-order valence-electron chi connectivity index (χ4n) is 1.88. The number of nitrogens with zero attached hydrogens (tertiary/aromatic N) is 2. The van der Waals surface area contributed by atoms with Crippen molar-refractivity contribution in [3.8, 4) is 0 Å². The van der Waals surface area contributed by atoms with E-state index in [1.54, 1.807) is 18.5 Å². The Morgan fingerprint density at radius 1 is 1.22 bits per heavy atom. The number of benzene rings is 1. The first-order valence-corrected chi connectivity index (χ1v) is 6.78. The van der Waals surface area contributed by atoms with E-state index < -0.39 is 0 Å². The van der Waals surface area contributed by atoms with E-state index >= 15 is 0 Å². The van der Waals surface area contributed by atoms with Gasteiger partial charge >= 0.3 is 0 Å². The molecule has 0 aliphatic carbocycles. The van der Waals surface area contributed by atoms with Crippen molar-refractivity contribution in [2.45, 2.75) is 11.9 Å². The molecule has 0 saturated carbocycles. The zero-order valence-corrected chi connectivity index (χ0v) is 11.7. The molecule has 4 heteroatoms. The maximum atomic E-state index is 13.7. The van der Waals surface area contributed by atoms with Gasteiger partial charge in [0.05, 0.1) is 0 Å². The van der Waals surface area contributed by atoms with Crippen LogP contribution in [0, 0.1) is 5.82 Å². The quantitative estimate of drug-likeness (QED) is 0.800. The van der Waals surface area contributed by atoms with Crippen LogP contribution in [-0.4, -0.2) is 12.0 Å². The highest BCUT2D eigenvalue weighted by atomic mass is 79.9. The Balaban J connectivity index is 2.24. The minimum absolute atomic E-state index is 0.175. The van der Waals surface area contributed by atoms with Crippen molar-refractivity contribution < 1.29 is 4.39 Å². The number of pyridine rings is 1. The molecule has 2 nitrogen and oxygen atoms in total. The Kier molecular flexibility index (Phi) is 4.31. The predicted molar refractivity (Wildman–Crippen MR) is 75.4 cm³/mol. The molecule has 0 N–H and O–H groups in total. The summed E-state index contributed by atoms with van der Waals surface area (Å²) >= 11 is 3.34. The molecule has 0 radical (unpaired) electrons. The molecule has 1 heterocycles. The van der Waals surface area contributed by atoms with Crippen LogP contribution in [0.2, 0.25) is 0 Å². The Morgan fingerprint density at radius 2 is 1.94 bits per heavy atom. The SMILES string of the molecule is CN(Cc1ccncc1)c1cccc(F)c1CBr. The van der Waals surface area contributed by atoms with Gasteiger partial charge in [-0.2, -0.15) is 0 Å². The average Bonchev–Trinajstić information content (AvgIpc) is 2.39. The van der Waals surface area contributed by atoms with E-state index in [1.807, 2.05) is 30.1 Å². The highest BCUT2D eigenvalue weighted by molar-refractivity contribution is 9.08. The summed E-state index contributed by atoms with van der Waals surface area (Å²) in [5.74, 6) is -0.175. The normalized spacial score (nSPS) is 10.4. The number of hydrogen-bond donors (Lipinski definition) is 0. The van der Waals surface area contributed by atoms with Crippen molar-refractivity contribution in [1.29, 1.82) is 0 Å². The summed E-state index contributed by atoms with van der Waals surface area (Å²) in [7, 11) is 1.96. The van der Waals surface area contributed by atoms with Gasteiger partial charge in [-0.25, -0.2) is 4.39 Å². The third-order valence-corrected chi connectivity index (χ3v) is 3.37. The summed E-state index contributed by atoms with van der Waals surface area (Å²) in [4.78, 5) is 6.02. The second-order valence-electron chi connectivity index (χ2n) is 4.08. The Labute approximate surface area is 115 Å². The number of halogens is 2. The first-order valence-electron chi connectivity index (χ1n) is 5.65. The van der Waals surface area contributed by atoms with Gasteiger partial charge in [0, 0.05) is 42.6 Å². The van der Waals surface area contributed by atoms with Crippen LogP contribution < -0.4 is 4.90 Å². The molecule has 0 atom stereocenters. The number of rotatable bonds is 4. The van der Waals surface area contributed by atoms with E-state index in [-0.39, 0.29) is 5.82 Å². The lowest BCUT2D eigenvalue weighted by atomic mass is 10.1. The number of alkyl halides is 1. The van der Waals surface area contributed by atoms with Crippen molar-refractivity contribution >= 4 is 21.6 Å². The first-order chi connectivity index (χ1) is 8.72. The summed E-state index contributed by atoms with van der Waals surface area (Å²) in [6, 6.07) is 9.08. The third kappa shape index (κ3) is 2.88. The topological polar surface area (TPSA) is 16.1 Å². The van der Waals surface area contributed by atoms with E-state index in [1.165, 1.54) is 6.07 Å². The zero-order valence-electron chi connectivity index (χ0n) is 10.1. The van der Waals surface area contributed by atoms with Crippen molar-refractivity contribution in [1.82, 2.24) is 4.98 Å². The third-order valence-electron chi connectivity index (χ3n) is 2.81. The van der Waals surface area contributed by atoms with Gasteiger partial charge in [0.15, 0.2) is 0 Å². The van der Waals surface area contributed by atoms with Crippen LogP contribution in [0.25, 0.3) is 0 Å². The van der Waals surface area contributed by atoms with Crippen LogP contribution in [-0.2, 0) is 11.9 Å². The molecule has 18 heavy (non-hydrogen) atoms. The highest BCUT2D eigenvalue weighted by Crippen LogP contribution is 2.25. The first kappa shape index (κ1) is 13.0. The molecule has 2 rings (SSSR count). The van der Waals surface area contributed by atoms with Crippen LogP contribution in [0.3, 0.4) is 0 Å². The van der Waals surface area contributed by atoms with Gasteiger partial charge in [-0.1, -0.05) is 22.0 Å². The van der Waals surface area contributed by atoms with Gasteiger partial charge < -0.3 is 4.90 Å². The predicted octanol–water partition coefficient (Wildman–Crippen LogP) is 3.75. The molecular formula is C14H14BrFN2. The summed E-state index contributed by atoms with van der Waals surface area (Å²) < 4.78 is 13.7. The van der Waals surface area contributed by atoms with E-state index in [0.717, 1.165) is 17.8 Å². The molecule has 0 aliphatic heterocycles. The molecule has 0 bridgehead atoms. The highest BCUT2D eigenvalue weighted by Gasteiger charge is 2.11. The minimum atomic E-state index is -0.175. The minimum Gasteiger partial charge on any atom is -0.370 e. The lowest BCUT2D eigenvalue weighted by molar-refractivity contribution is 0.616. The summed E-state index contributed by atoms with van der Waals surface area (Å²) in [5, 5.41) is 0.510. The monoisotopic (exact) mass is 308 g/mol. The van der Waals surface area contributed by atoms with Gasteiger partial charge in [0.25, 0.3) is 0 Å². The van der Waals surface area contributed by atoms with Crippen molar-refractivity contribution in [3.63, 3.8) is 0 Å². The molecule has 0 unspecified atom stereocenters. The number of anilines is 1. The maximum Gasteiger partial charge on any atom is 0.129 e. The van der Waals surface area contributed by atoms with E-state index in [4.69, 9.17) is 0 Å². The smallest absolute Gasteiger partial charge is 0.129 e. The van der Waals surface area contributed by atoms with Crippen molar-refractivity contribution in [2.75, 3.05) is 11.9 Å². The summed E-state index contributed by atoms with van der Waals surface area (Å²) in [5.41, 5.74) is 2.75. The second-order valence-corrected chi connectivity index (χ2v) is 4.64. The van der Waals surface area contributed by atoms with Crippen LogP contribution >= 0.6 is 15.9 Å².